The highest BCUT2D eigenvalue weighted by Crippen LogP contribution is 2.15. The number of hydrogen-bond acceptors (Lipinski definition) is 4. The van der Waals surface area contributed by atoms with Gasteiger partial charge in [0.1, 0.15) is 11.6 Å². The molecule has 0 unspecified atom stereocenters. The standard InChI is InChI=1S/C13H18N4O2/c1-9-11(10(2)19-16-9)4-5-13(18)17(3)8-12-14-6-7-15-12/h6-7H,4-5,8H2,1-3H3,(H,14,15). The molecule has 102 valence electrons. The van der Waals surface area contributed by atoms with Gasteiger partial charge >= 0.3 is 0 Å². The van der Waals surface area contributed by atoms with E-state index in [-0.39, 0.29) is 5.91 Å². The number of H-pyrrole nitrogens is 1. The van der Waals surface area contributed by atoms with Gasteiger partial charge in [-0.15, -0.1) is 0 Å². The second-order valence-corrected chi connectivity index (χ2v) is 4.59. The quantitative estimate of drug-likeness (QED) is 0.888. The van der Waals surface area contributed by atoms with Crippen LogP contribution < -0.4 is 0 Å². The summed E-state index contributed by atoms with van der Waals surface area (Å²) in [6.45, 7) is 4.25. The van der Waals surface area contributed by atoms with Gasteiger partial charge in [0.05, 0.1) is 12.2 Å². The third kappa shape index (κ3) is 3.21. The molecular weight excluding hydrogens is 244 g/mol. The van der Waals surface area contributed by atoms with Crippen molar-refractivity contribution in [2.45, 2.75) is 33.2 Å². The summed E-state index contributed by atoms with van der Waals surface area (Å²) in [7, 11) is 1.78. The average molecular weight is 262 g/mol. The highest BCUT2D eigenvalue weighted by atomic mass is 16.5. The minimum absolute atomic E-state index is 0.0800. The first-order chi connectivity index (χ1) is 9.08. The fraction of sp³-hybridized carbons (Fsp3) is 0.462. The first-order valence-corrected chi connectivity index (χ1v) is 6.22. The van der Waals surface area contributed by atoms with Gasteiger partial charge in [-0.25, -0.2) is 4.98 Å². The molecule has 0 fully saturated rings. The molecule has 2 aromatic rings. The summed E-state index contributed by atoms with van der Waals surface area (Å²) in [5, 5.41) is 3.88. The van der Waals surface area contributed by atoms with Crippen LogP contribution in [0.5, 0.6) is 0 Å². The molecule has 1 N–H and O–H groups in total. The predicted octanol–water partition coefficient (Wildman–Crippen LogP) is 1.61. The summed E-state index contributed by atoms with van der Waals surface area (Å²) in [6, 6.07) is 0. The molecule has 6 heteroatoms. The molecule has 0 bridgehead atoms. The average Bonchev–Trinajstić information content (AvgIpc) is 2.98. The summed E-state index contributed by atoms with van der Waals surface area (Å²) >= 11 is 0. The lowest BCUT2D eigenvalue weighted by atomic mass is 10.1. The Morgan fingerprint density at radius 3 is 2.84 bits per heavy atom. The first kappa shape index (κ1) is 13.3. The number of carbonyl (C=O) groups is 1. The molecule has 2 rings (SSSR count). The number of nitrogens with zero attached hydrogens (tertiary/aromatic N) is 3. The van der Waals surface area contributed by atoms with Crippen LogP contribution in [0.2, 0.25) is 0 Å². The van der Waals surface area contributed by atoms with Gasteiger partial charge in [-0.05, 0) is 20.3 Å². The van der Waals surface area contributed by atoms with Crippen molar-refractivity contribution in [2.24, 2.45) is 0 Å². The second kappa shape index (κ2) is 5.69. The number of carbonyl (C=O) groups excluding carboxylic acids is 1. The smallest absolute Gasteiger partial charge is 0.223 e. The number of imidazole rings is 1. The van der Waals surface area contributed by atoms with Gasteiger partial charge in [0.25, 0.3) is 0 Å². The summed E-state index contributed by atoms with van der Waals surface area (Å²) in [5.74, 6) is 1.66. The summed E-state index contributed by atoms with van der Waals surface area (Å²) in [5.41, 5.74) is 1.89. The molecule has 1 amide bonds. The van der Waals surface area contributed by atoms with Crippen LogP contribution in [0.15, 0.2) is 16.9 Å². The number of nitrogens with one attached hydrogen (secondary N) is 1. The highest BCUT2D eigenvalue weighted by molar-refractivity contribution is 5.76. The lowest BCUT2D eigenvalue weighted by Gasteiger charge is -2.15. The second-order valence-electron chi connectivity index (χ2n) is 4.59. The van der Waals surface area contributed by atoms with Crippen molar-refractivity contribution >= 4 is 5.91 Å². The van der Waals surface area contributed by atoms with Crippen molar-refractivity contribution in [1.82, 2.24) is 20.0 Å². The van der Waals surface area contributed by atoms with E-state index in [1.165, 1.54) is 0 Å². The molecule has 0 radical (unpaired) electrons. The fourth-order valence-corrected chi connectivity index (χ4v) is 1.98. The van der Waals surface area contributed by atoms with E-state index in [0.717, 1.165) is 22.8 Å². The van der Waals surface area contributed by atoms with Crippen LogP contribution in [-0.2, 0) is 17.8 Å². The number of aromatic nitrogens is 3. The van der Waals surface area contributed by atoms with Crippen molar-refractivity contribution in [2.75, 3.05) is 7.05 Å². The Bertz CT molecular complexity index is 525. The van der Waals surface area contributed by atoms with Crippen molar-refractivity contribution in [3.63, 3.8) is 0 Å². The van der Waals surface area contributed by atoms with Gasteiger partial charge in [-0.1, -0.05) is 5.16 Å². The van der Waals surface area contributed by atoms with Gasteiger partial charge in [-0.3, -0.25) is 4.79 Å². The molecule has 0 saturated carbocycles. The Kier molecular flexibility index (Phi) is 3.99. The van der Waals surface area contributed by atoms with Gasteiger partial charge in [-0.2, -0.15) is 0 Å². The molecule has 19 heavy (non-hydrogen) atoms. The molecule has 6 nitrogen and oxygen atoms in total. The molecule has 0 aliphatic rings. The van der Waals surface area contributed by atoms with E-state index in [2.05, 4.69) is 15.1 Å². The summed E-state index contributed by atoms with van der Waals surface area (Å²) in [4.78, 5) is 20.8. The van der Waals surface area contributed by atoms with Gasteiger partial charge in [0, 0.05) is 31.4 Å². The van der Waals surface area contributed by atoms with Gasteiger partial charge < -0.3 is 14.4 Å². The van der Waals surface area contributed by atoms with Crippen molar-refractivity contribution in [3.05, 3.63) is 35.2 Å². The lowest BCUT2D eigenvalue weighted by molar-refractivity contribution is -0.130. The molecule has 2 heterocycles. The van der Waals surface area contributed by atoms with Crippen LogP contribution in [0.4, 0.5) is 0 Å². The molecular formula is C13H18N4O2. The SMILES string of the molecule is Cc1noc(C)c1CCC(=O)N(C)Cc1ncc[nH]1. The van der Waals surface area contributed by atoms with Gasteiger partial charge in [0.15, 0.2) is 0 Å². The summed E-state index contributed by atoms with van der Waals surface area (Å²) in [6.07, 6.45) is 4.53. The van der Waals surface area contributed by atoms with Crippen LogP contribution in [-0.4, -0.2) is 33.0 Å². The van der Waals surface area contributed by atoms with E-state index in [9.17, 15) is 4.79 Å². The minimum Gasteiger partial charge on any atom is -0.361 e. The summed E-state index contributed by atoms with van der Waals surface area (Å²) < 4.78 is 5.08. The van der Waals surface area contributed by atoms with E-state index in [1.807, 2.05) is 13.8 Å². The van der Waals surface area contributed by atoms with E-state index in [4.69, 9.17) is 4.52 Å². The third-order valence-corrected chi connectivity index (χ3v) is 3.14. The predicted molar refractivity (Wildman–Crippen MR) is 69.4 cm³/mol. The van der Waals surface area contributed by atoms with Crippen molar-refractivity contribution in [3.8, 4) is 0 Å². The zero-order valence-corrected chi connectivity index (χ0v) is 11.4. The number of aromatic amines is 1. The van der Waals surface area contributed by atoms with Crippen LogP contribution in [0, 0.1) is 13.8 Å². The molecule has 0 spiro atoms. The van der Waals surface area contributed by atoms with Crippen LogP contribution in [0.3, 0.4) is 0 Å². The normalized spacial score (nSPS) is 10.7. The van der Waals surface area contributed by atoms with Crippen LogP contribution in [0.1, 0.15) is 29.3 Å². The number of rotatable bonds is 5. The first-order valence-electron chi connectivity index (χ1n) is 6.22. The van der Waals surface area contributed by atoms with E-state index >= 15 is 0 Å². The maximum absolute atomic E-state index is 12.0. The van der Waals surface area contributed by atoms with Crippen molar-refractivity contribution < 1.29 is 9.32 Å². The Balaban J connectivity index is 1.87. The molecule has 0 aliphatic carbocycles. The third-order valence-electron chi connectivity index (χ3n) is 3.14. The molecule has 0 aliphatic heterocycles. The molecule has 0 atom stereocenters. The molecule has 2 aromatic heterocycles. The number of aryl methyl sites for hydroxylation is 2. The Morgan fingerprint density at radius 1 is 1.47 bits per heavy atom. The number of amides is 1. The largest absolute Gasteiger partial charge is 0.361 e. The fourth-order valence-electron chi connectivity index (χ4n) is 1.98. The zero-order chi connectivity index (χ0) is 13.8. The van der Waals surface area contributed by atoms with E-state index in [0.29, 0.717) is 19.4 Å². The van der Waals surface area contributed by atoms with Crippen molar-refractivity contribution in [1.29, 1.82) is 0 Å². The Morgan fingerprint density at radius 2 is 2.26 bits per heavy atom. The zero-order valence-electron chi connectivity index (χ0n) is 11.4. The van der Waals surface area contributed by atoms with Crippen LogP contribution >= 0.6 is 0 Å². The maximum atomic E-state index is 12.0. The topological polar surface area (TPSA) is 75.0 Å². The minimum atomic E-state index is 0.0800. The maximum Gasteiger partial charge on any atom is 0.223 e. The molecule has 0 aromatic carbocycles. The Labute approximate surface area is 111 Å². The monoisotopic (exact) mass is 262 g/mol. The lowest BCUT2D eigenvalue weighted by Crippen LogP contribution is -2.27. The Hall–Kier alpha value is -2.11. The van der Waals surface area contributed by atoms with E-state index in [1.54, 1.807) is 24.3 Å². The number of hydrogen-bond donors (Lipinski definition) is 1. The van der Waals surface area contributed by atoms with Gasteiger partial charge in [0.2, 0.25) is 5.91 Å². The molecule has 0 saturated heterocycles. The van der Waals surface area contributed by atoms with E-state index < -0.39 is 0 Å². The highest BCUT2D eigenvalue weighted by Gasteiger charge is 2.14. The van der Waals surface area contributed by atoms with Crippen LogP contribution in [0.25, 0.3) is 0 Å².